The van der Waals surface area contributed by atoms with Crippen molar-refractivity contribution in [2.45, 2.75) is 13.5 Å². The highest BCUT2D eigenvalue weighted by molar-refractivity contribution is 7.12. The summed E-state index contributed by atoms with van der Waals surface area (Å²) in [5.74, 6) is 0.272. The van der Waals surface area contributed by atoms with Crippen molar-refractivity contribution in [1.82, 2.24) is 0 Å². The van der Waals surface area contributed by atoms with Crippen LogP contribution in [0, 0.1) is 6.92 Å². The number of aryl methyl sites for hydroxylation is 1. The van der Waals surface area contributed by atoms with Gasteiger partial charge < -0.3 is 13.9 Å². The zero-order chi connectivity index (χ0) is 19.0. The quantitative estimate of drug-likeness (QED) is 0.292. The second-order valence-electron chi connectivity index (χ2n) is 6.10. The lowest BCUT2D eigenvalue weighted by Crippen LogP contribution is -2.02. The minimum absolute atomic E-state index is 0.303. The van der Waals surface area contributed by atoms with Crippen LogP contribution in [0.5, 0.6) is 5.75 Å². The first-order valence-electron chi connectivity index (χ1n) is 8.32. The first kappa shape index (κ1) is 17.3. The van der Waals surface area contributed by atoms with Crippen LogP contribution in [0.1, 0.15) is 20.8 Å². The van der Waals surface area contributed by atoms with E-state index >= 15 is 0 Å². The Kier molecular flexibility index (Phi) is 4.41. The summed E-state index contributed by atoms with van der Waals surface area (Å²) in [6, 6.07) is 12.9. The predicted octanol–water partition coefficient (Wildman–Crippen LogP) is 4.68. The molecule has 2 aromatic carbocycles. The Bertz CT molecular complexity index is 1220. The van der Waals surface area contributed by atoms with Crippen molar-refractivity contribution in [3.8, 4) is 5.75 Å². The van der Waals surface area contributed by atoms with Gasteiger partial charge in [0.1, 0.15) is 22.8 Å². The summed E-state index contributed by atoms with van der Waals surface area (Å²) in [5.41, 5.74) is 1.80. The maximum absolute atomic E-state index is 12.3. The molecule has 0 aliphatic heterocycles. The molecule has 4 aromatic rings. The number of carbonyl (C=O) groups excluding carboxylic acids is 1. The van der Waals surface area contributed by atoms with Crippen LogP contribution >= 0.6 is 11.3 Å². The minimum Gasteiger partial charge on any atom is -0.488 e. The predicted molar refractivity (Wildman–Crippen MR) is 105 cm³/mol. The average molecular weight is 380 g/mol. The van der Waals surface area contributed by atoms with Crippen LogP contribution in [-0.4, -0.2) is 13.1 Å². The molecule has 0 unspecified atom stereocenters. The third-order valence-corrected chi connectivity index (χ3v) is 5.38. The van der Waals surface area contributed by atoms with E-state index in [-0.39, 0.29) is 11.6 Å². The molecule has 0 aliphatic rings. The van der Waals surface area contributed by atoms with E-state index in [0.29, 0.717) is 28.2 Å². The van der Waals surface area contributed by atoms with Crippen LogP contribution in [0.4, 0.5) is 0 Å². The third-order valence-electron chi connectivity index (χ3n) is 4.42. The number of fused-ring (bicyclic) bond motifs is 3. The topological polar surface area (TPSA) is 65.7 Å². The smallest absolute Gasteiger partial charge is 0.348 e. The maximum Gasteiger partial charge on any atom is 0.348 e. The fourth-order valence-corrected chi connectivity index (χ4v) is 3.85. The molecule has 6 heteroatoms. The van der Waals surface area contributed by atoms with Gasteiger partial charge in [0, 0.05) is 16.5 Å². The van der Waals surface area contributed by atoms with E-state index < -0.39 is 0 Å². The highest BCUT2D eigenvalue weighted by atomic mass is 32.1. The van der Waals surface area contributed by atoms with Crippen LogP contribution in [0.3, 0.4) is 0 Å². The van der Waals surface area contributed by atoms with Crippen LogP contribution in [0.15, 0.2) is 57.1 Å². The Morgan fingerprint density at radius 2 is 1.89 bits per heavy atom. The highest BCUT2D eigenvalue weighted by Gasteiger charge is 2.13. The highest BCUT2D eigenvalue weighted by Crippen LogP contribution is 2.31. The first-order chi connectivity index (χ1) is 13.1. The molecular weight excluding hydrogens is 364 g/mol. The molecule has 0 N–H and O–H groups in total. The summed E-state index contributed by atoms with van der Waals surface area (Å²) < 4.78 is 16.2. The normalized spacial score (nSPS) is 11.0. The van der Waals surface area contributed by atoms with Gasteiger partial charge in [-0.05, 0) is 42.0 Å². The van der Waals surface area contributed by atoms with Crippen molar-refractivity contribution in [2.75, 3.05) is 7.11 Å². The van der Waals surface area contributed by atoms with Gasteiger partial charge in [-0.15, -0.1) is 11.3 Å². The van der Waals surface area contributed by atoms with E-state index in [4.69, 9.17) is 13.9 Å². The number of ether oxygens (including phenoxy) is 2. The lowest BCUT2D eigenvalue weighted by molar-refractivity contribution is 0.0606. The molecular formula is C21H16O5S. The molecule has 2 heterocycles. The van der Waals surface area contributed by atoms with E-state index in [1.165, 1.54) is 18.4 Å². The summed E-state index contributed by atoms with van der Waals surface area (Å²) in [6.07, 6.45) is 0. The SMILES string of the molecule is COC(=O)c1cc(COc2ccc3c(oc(=O)c4ccccc43)c2C)cs1. The molecule has 0 saturated heterocycles. The number of carbonyl (C=O) groups is 1. The number of hydrogen-bond donors (Lipinski definition) is 0. The van der Waals surface area contributed by atoms with Crippen LogP contribution in [0.25, 0.3) is 21.7 Å². The number of thiophene rings is 1. The van der Waals surface area contributed by atoms with Crippen molar-refractivity contribution < 1.29 is 18.7 Å². The van der Waals surface area contributed by atoms with Gasteiger partial charge >= 0.3 is 11.6 Å². The van der Waals surface area contributed by atoms with Gasteiger partial charge in [-0.2, -0.15) is 0 Å². The van der Waals surface area contributed by atoms with Gasteiger partial charge in [-0.3, -0.25) is 0 Å². The molecule has 0 atom stereocenters. The Balaban J connectivity index is 1.68. The Hall–Kier alpha value is -3.12. The second-order valence-corrected chi connectivity index (χ2v) is 7.01. The van der Waals surface area contributed by atoms with E-state index in [0.717, 1.165) is 21.9 Å². The number of rotatable bonds is 4. The molecule has 136 valence electrons. The second kappa shape index (κ2) is 6.89. The van der Waals surface area contributed by atoms with Gasteiger partial charge in [0.2, 0.25) is 0 Å². The Morgan fingerprint density at radius 1 is 1.11 bits per heavy atom. The van der Waals surface area contributed by atoms with Crippen LogP contribution in [-0.2, 0) is 11.3 Å². The van der Waals surface area contributed by atoms with Crippen molar-refractivity contribution in [3.05, 3.63) is 74.3 Å². The lowest BCUT2D eigenvalue weighted by atomic mass is 10.0. The van der Waals surface area contributed by atoms with E-state index in [1.54, 1.807) is 12.1 Å². The summed E-state index contributed by atoms with van der Waals surface area (Å²) >= 11 is 1.31. The monoisotopic (exact) mass is 380 g/mol. The molecule has 4 rings (SSSR count). The molecule has 0 saturated carbocycles. The fraction of sp³-hybridized carbons (Fsp3) is 0.143. The van der Waals surface area contributed by atoms with Gasteiger partial charge in [-0.1, -0.05) is 18.2 Å². The van der Waals surface area contributed by atoms with E-state index in [1.807, 2.05) is 42.6 Å². The Labute approximate surface area is 158 Å². The standard InChI is InChI=1S/C21H16O5S/c1-12-17(25-10-13-9-18(27-11-13)21(23)24-2)8-7-15-14-5-3-4-6-16(14)20(22)26-19(12)15/h3-9,11H,10H2,1-2H3. The summed E-state index contributed by atoms with van der Waals surface area (Å²) in [5, 5.41) is 4.15. The number of benzene rings is 2. The number of methoxy groups -OCH3 is 1. The third kappa shape index (κ3) is 3.08. The lowest BCUT2D eigenvalue weighted by Gasteiger charge is -2.11. The van der Waals surface area contributed by atoms with E-state index in [9.17, 15) is 9.59 Å². The van der Waals surface area contributed by atoms with E-state index in [2.05, 4.69) is 0 Å². The molecule has 0 amide bonds. The Morgan fingerprint density at radius 3 is 2.67 bits per heavy atom. The van der Waals surface area contributed by atoms with Gasteiger partial charge in [0.05, 0.1) is 12.5 Å². The largest absolute Gasteiger partial charge is 0.488 e. The van der Waals surface area contributed by atoms with Crippen molar-refractivity contribution in [1.29, 1.82) is 0 Å². The molecule has 27 heavy (non-hydrogen) atoms. The molecule has 0 aliphatic carbocycles. The minimum atomic E-state index is -0.362. The molecule has 0 fully saturated rings. The first-order valence-corrected chi connectivity index (χ1v) is 9.20. The molecule has 0 radical (unpaired) electrons. The van der Waals surface area contributed by atoms with Crippen LogP contribution in [0.2, 0.25) is 0 Å². The van der Waals surface area contributed by atoms with Gasteiger partial charge in [-0.25, -0.2) is 9.59 Å². The van der Waals surface area contributed by atoms with Gasteiger partial charge in [0.25, 0.3) is 0 Å². The van der Waals surface area contributed by atoms with Gasteiger partial charge in [0.15, 0.2) is 0 Å². The molecule has 5 nitrogen and oxygen atoms in total. The zero-order valence-electron chi connectivity index (χ0n) is 14.8. The summed E-state index contributed by atoms with van der Waals surface area (Å²) in [7, 11) is 1.36. The van der Waals surface area contributed by atoms with Crippen molar-refractivity contribution in [3.63, 3.8) is 0 Å². The van der Waals surface area contributed by atoms with Crippen molar-refractivity contribution in [2.24, 2.45) is 0 Å². The molecule has 0 bridgehead atoms. The fourth-order valence-electron chi connectivity index (χ4n) is 3.04. The average Bonchev–Trinajstić information content (AvgIpc) is 3.17. The molecule has 2 aromatic heterocycles. The summed E-state index contributed by atoms with van der Waals surface area (Å²) in [4.78, 5) is 24.4. The molecule has 0 spiro atoms. The maximum atomic E-state index is 12.3. The van der Waals surface area contributed by atoms with Crippen molar-refractivity contribution >= 4 is 39.0 Å². The number of hydrogen-bond acceptors (Lipinski definition) is 6. The number of esters is 1. The zero-order valence-corrected chi connectivity index (χ0v) is 15.6. The summed E-state index contributed by atoms with van der Waals surface area (Å²) in [6.45, 7) is 2.17. The van der Waals surface area contributed by atoms with Crippen LogP contribution < -0.4 is 10.4 Å².